The summed E-state index contributed by atoms with van der Waals surface area (Å²) in [5, 5.41) is 0. The van der Waals surface area contributed by atoms with Gasteiger partial charge in [-0.3, -0.25) is 0 Å². The van der Waals surface area contributed by atoms with Gasteiger partial charge in [-0.2, -0.15) is 0 Å². The Balaban J connectivity index is 4.07. The molecular formula is C29H54. The predicted octanol–water partition coefficient (Wildman–Crippen LogP) is 9.84. The lowest BCUT2D eigenvalue weighted by Crippen LogP contribution is -2.16. The maximum Gasteiger partial charge on any atom is 0.00887 e. The Morgan fingerprint density at radius 1 is 0.724 bits per heavy atom. The second-order valence-electron chi connectivity index (χ2n) is 10.1. The minimum atomic E-state index is 0.837. The van der Waals surface area contributed by atoms with Gasteiger partial charge in [0.1, 0.15) is 0 Å². The molecule has 0 spiro atoms. The van der Waals surface area contributed by atoms with Crippen molar-refractivity contribution >= 4 is 0 Å². The Morgan fingerprint density at radius 2 is 1.41 bits per heavy atom. The van der Waals surface area contributed by atoms with Crippen molar-refractivity contribution in [2.24, 2.45) is 29.6 Å². The standard InChI is InChI=1S/C29H54/c1-8-11-20-26(5)23-27(6)24-28(7)29(19-9-2)22-18-16-14-12-13-15-17-21-25(4)10-3/h8,25-29H,1,9-11,14-24H2,2-7H3. The van der Waals surface area contributed by atoms with E-state index in [9.17, 15) is 0 Å². The van der Waals surface area contributed by atoms with Crippen molar-refractivity contribution in [1.82, 2.24) is 0 Å². The Morgan fingerprint density at radius 3 is 2.03 bits per heavy atom. The summed E-state index contributed by atoms with van der Waals surface area (Å²) >= 11 is 0. The van der Waals surface area contributed by atoms with Gasteiger partial charge in [0, 0.05) is 12.8 Å². The Labute approximate surface area is 185 Å². The van der Waals surface area contributed by atoms with Crippen LogP contribution in [0.5, 0.6) is 0 Å². The van der Waals surface area contributed by atoms with E-state index in [0.717, 1.165) is 42.4 Å². The van der Waals surface area contributed by atoms with Gasteiger partial charge in [0.15, 0.2) is 0 Å². The van der Waals surface area contributed by atoms with Crippen molar-refractivity contribution in [2.75, 3.05) is 0 Å². The Kier molecular flexibility index (Phi) is 18.8. The molecule has 0 saturated heterocycles. The molecule has 0 aliphatic rings. The van der Waals surface area contributed by atoms with Gasteiger partial charge < -0.3 is 0 Å². The quantitative estimate of drug-likeness (QED) is 0.121. The number of hydrogen-bond acceptors (Lipinski definition) is 0. The van der Waals surface area contributed by atoms with Gasteiger partial charge in [0.25, 0.3) is 0 Å². The summed E-state index contributed by atoms with van der Waals surface area (Å²) in [6.45, 7) is 18.3. The van der Waals surface area contributed by atoms with E-state index in [1.807, 2.05) is 0 Å². The third kappa shape index (κ3) is 16.7. The molecule has 0 bridgehead atoms. The molecule has 0 heterocycles. The van der Waals surface area contributed by atoms with E-state index in [2.05, 4.69) is 66.0 Å². The summed E-state index contributed by atoms with van der Waals surface area (Å²) in [4.78, 5) is 0. The van der Waals surface area contributed by atoms with E-state index in [1.165, 1.54) is 77.0 Å². The van der Waals surface area contributed by atoms with E-state index in [0.29, 0.717) is 0 Å². The molecule has 5 unspecified atom stereocenters. The molecule has 170 valence electrons. The summed E-state index contributed by atoms with van der Waals surface area (Å²) in [7, 11) is 0. The minimum absolute atomic E-state index is 0.837. The maximum atomic E-state index is 3.86. The predicted molar refractivity (Wildman–Crippen MR) is 134 cm³/mol. The maximum absolute atomic E-state index is 3.86. The van der Waals surface area contributed by atoms with Crippen LogP contribution in [0.25, 0.3) is 0 Å². The fourth-order valence-electron chi connectivity index (χ4n) is 4.75. The molecule has 0 fully saturated rings. The van der Waals surface area contributed by atoms with Crippen molar-refractivity contribution < 1.29 is 0 Å². The molecule has 0 rings (SSSR count). The van der Waals surface area contributed by atoms with E-state index in [1.54, 1.807) is 0 Å². The normalized spacial score (nSPS) is 16.3. The minimum Gasteiger partial charge on any atom is -0.103 e. The first-order chi connectivity index (χ1) is 13.9. The highest BCUT2D eigenvalue weighted by atomic mass is 14.3. The lowest BCUT2D eigenvalue weighted by atomic mass is 9.78. The van der Waals surface area contributed by atoms with Crippen LogP contribution in [-0.4, -0.2) is 0 Å². The molecule has 5 atom stereocenters. The van der Waals surface area contributed by atoms with Crippen LogP contribution in [0.2, 0.25) is 0 Å². The third-order valence-corrected chi connectivity index (χ3v) is 6.85. The smallest absolute Gasteiger partial charge is 0.00887 e. The van der Waals surface area contributed by atoms with Crippen molar-refractivity contribution in [1.29, 1.82) is 0 Å². The second-order valence-corrected chi connectivity index (χ2v) is 10.1. The molecule has 0 heteroatoms. The highest BCUT2D eigenvalue weighted by Crippen LogP contribution is 2.31. The van der Waals surface area contributed by atoms with Crippen LogP contribution in [0, 0.1) is 41.4 Å². The van der Waals surface area contributed by atoms with Gasteiger partial charge in [-0.05, 0) is 74.5 Å². The number of hydrogen-bond donors (Lipinski definition) is 0. The van der Waals surface area contributed by atoms with Gasteiger partial charge in [-0.25, -0.2) is 0 Å². The van der Waals surface area contributed by atoms with Crippen LogP contribution >= 0.6 is 0 Å². The highest BCUT2D eigenvalue weighted by molar-refractivity contribution is 4.98. The molecular weight excluding hydrogens is 348 g/mol. The summed E-state index contributed by atoms with van der Waals surface area (Å²) in [5.74, 6) is 11.2. The molecule has 0 nitrogen and oxygen atoms in total. The van der Waals surface area contributed by atoms with Crippen molar-refractivity contribution in [3.63, 3.8) is 0 Å². The number of rotatable bonds is 18. The van der Waals surface area contributed by atoms with E-state index in [-0.39, 0.29) is 0 Å². The van der Waals surface area contributed by atoms with Crippen LogP contribution in [0.4, 0.5) is 0 Å². The van der Waals surface area contributed by atoms with Crippen molar-refractivity contribution in [3.8, 4) is 11.8 Å². The van der Waals surface area contributed by atoms with Crippen LogP contribution in [0.3, 0.4) is 0 Å². The van der Waals surface area contributed by atoms with Gasteiger partial charge >= 0.3 is 0 Å². The number of allylic oxidation sites excluding steroid dienone is 1. The highest BCUT2D eigenvalue weighted by Gasteiger charge is 2.19. The molecule has 0 aromatic carbocycles. The first kappa shape index (κ1) is 28.3. The van der Waals surface area contributed by atoms with Gasteiger partial charge in [-0.1, -0.05) is 79.7 Å². The average molecular weight is 403 g/mol. The van der Waals surface area contributed by atoms with Crippen LogP contribution < -0.4 is 0 Å². The van der Waals surface area contributed by atoms with Crippen LogP contribution in [-0.2, 0) is 0 Å². The van der Waals surface area contributed by atoms with Crippen molar-refractivity contribution in [2.45, 2.75) is 131 Å². The van der Waals surface area contributed by atoms with Crippen LogP contribution in [0.1, 0.15) is 131 Å². The molecule has 29 heavy (non-hydrogen) atoms. The zero-order valence-corrected chi connectivity index (χ0v) is 21.1. The first-order valence-corrected chi connectivity index (χ1v) is 13.0. The molecule has 0 aliphatic heterocycles. The largest absolute Gasteiger partial charge is 0.103 e. The number of unbranched alkanes of at least 4 members (excludes halogenated alkanes) is 3. The van der Waals surface area contributed by atoms with Gasteiger partial charge in [-0.15, -0.1) is 18.4 Å². The van der Waals surface area contributed by atoms with E-state index >= 15 is 0 Å². The zero-order valence-electron chi connectivity index (χ0n) is 21.1. The molecule has 0 aromatic rings. The molecule has 0 aliphatic carbocycles. The van der Waals surface area contributed by atoms with Gasteiger partial charge in [0.2, 0.25) is 0 Å². The Hall–Kier alpha value is -0.700. The van der Waals surface area contributed by atoms with Crippen LogP contribution in [0.15, 0.2) is 12.7 Å². The first-order valence-electron chi connectivity index (χ1n) is 13.0. The molecule has 0 radical (unpaired) electrons. The summed E-state index contributed by atoms with van der Waals surface area (Å²) in [6.07, 6.45) is 20.2. The topological polar surface area (TPSA) is 0 Å². The van der Waals surface area contributed by atoms with Gasteiger partial charge in [0.05, 0.1) is 0 Å². The lowest BCUT2D eigenvalue weighted by molar-refractivity contribution is 0.241. The third-order valence-electron chi connectivity index (χ3n) is 6.85. The summed E-state index contributed by atoms with van der Waals surface area (Å²) in [6, 6.07) is 0. The molecule has 0 saturated carbocycles. The molecule has 0 amide bonds. The monoisotopic (exact) mass is 402 g/mol. The SMILES string of the molecule is C=CCCC(C)CC(C)CC(C)C(CCC)CCCCC#CCCCC(C)CC. The fourth-order valence-corrected chi connectivity index (χ4v) is 4.75. The van der Waals surface area contributed by atoms with Crippen molar-refractivity contribution in [3.05, 3.63) is 12.7 Å². The summed E-state index contributed by atoms with van der Waals surface area (Å²) in [5.41, 5.74) is 0. The zero-order chi connectivity index (χ0) is 21.9. The lowest BCUT2D eigenvalue weighted by Gasteiger charge is -2.27. The second kappa shape index (κ2) is 19.3. The Bertz CT molecular complexity index is 423. The fraction of sp³-hybridized carbons (Fsp3) is 0.862. The average Bonchev–Trinajstić information content (AvgIpc) is 2.69. The van der Waals surface area contributed by atoms with E-state index in [4.69, 9.17) is 0 Å². The van der Waals surface area contributed by atoms with E-state index < -0.39 is 0 Å². The molecule has 0 aromatic heterocycles. The molecule has 0 N–H and O–H groups in total. The summed E-state index contributed by atoms with van der Waals surface area (Å²) < 4.78 is 0.